The van der Waals surface area contributed by atoms with Crippen LogP contribution in [0.5, 0.6) is 11.5 Å². The number of carboxylic acids is 1. The maximum absolute atomic E-state index is 13.6. The number of phenols is 1. The minimum Gasteiger partial charge on any atom is -0.504 e. The molecule has 1 rings (SSSR count). The fourth-order valence-electron chi connectivity index (χ4n) is 1.39. The Morgan fingerprint density at radius 2 is 2.29 bits per heavy atom. The third-order valence-electron chi connectivity index (χ3n) is 2.18. The number of carboxylic acid groups (broad SMARTS) is 1. The zero-order valence-corrected chi connectivity index (χ0v) is 10.5. The van der Waals surface area contributed by atoms with Crippen LogP contribution in [0.4, 0.5) is 4.39 Å². The summed E-state index contributed by atoms with van der Waals surface area (Å²) in [7, 11) is 1.21. The number of phenolic OH excluding ortho intramolecular Hbond substituents is 1. The van der Waals surface area contributed by atoms with Crippen molar-refractivity contribution in [2.24, 2.45) is 5.73 Å². The summed E-state index contributed by atoms with van der Waals surface area (Å²) in [5.41, 5.74) is 5.81. The number of carbonyl (C=O) groups is 1. The number of methoxy groups -OCH3 is 1. The van der Waals surface area contributed by atoms with Crippen LogP contribution in [0.2, 0.25) is 0 Å². The van der Waals surface area contributed by atoms with Gasteiger partial charge in [-0.3, -0.25) is 4.79 Å². The predicted molar refractivity (Wildman–Crippen MR) is 61.5 cm³/mol. The molecule has 1 aromatic rings. The fourth-order valence-corrected chi connectivity index (χ4v) is 1.81. The molecule has 0 radical (unpaired) electrons. The first-order chi connectivity index (χ1) is 7.88. The predicted octanol–water partition coefficient (Wildman–Crippen LogP) is 1.78. The van der Waals surface area contributed by atoms with Gasteiger partial charge in [0.1, 0.15) is 0 Å². The Hall–Kier alpha value is -1.34. The van der Waals surface area contributed by atoms with Crippen molar-refractivity contribution < 1.29 is 24.1 Å². The van der Waals surface area contributed by atoms with Gasteiger partial charge in [-0.1, -0.05) is 0 Å². The Labute approximate surface area is 105 Å². The molecular formula is C10H11BrFNO4. The van der Waals surface area contributed by atoms with Crippen molar-refractivity contribution in [3.05, 3.63) is 21.9 Å². The van der Waals surface area contributed by atoms with Crippen LogP contribution in [0, 0.1) is 5.82 Å². The Morgan fingerprint density at radius 1 is 1.71 bits per heavy atom. The van der Waals surface area contributed by atoms with Crippen molar-refractivity contribution in [2.75, 3.05) is 7.11 Å². The second kappa shape index (κ2) is 5.33. The van der Waals surface area contributed by atoms with Gasteiger partial charge in [-0.15, -0.1) is 0 Å². The lowest BCUT2D eigenvalue weighted by Gasteiger charge is -2.16. The summed E-state index contributed by atoms with van der Waals surface area (Å²) in [4.78, 5) is 10.5. The van der Waals surface area contributed by atoms with E-state index in [4.69, 9.17) is 15.6 Å². The quantitative estimate of drug-likeness (QED) is 0.788. The zero-order valence-electron chi connectivity index (χ0n) is 8.91. The summed E-state index contributed by atoms with van der Waals surface area (Å²) in [6.45, 7) is 0. The lowest BCUT2D eigenvalue weighted by Crippen LogP contribution is -2.16. The zero-order chi connectivity index (χ0) is 13.2. The van der Waals surface area contributed by atoms with E-state index in [2.05, 4.69) is 15.9 Å². The van der Waals surface area contributed by atoms with Crippen molar-refractivity contribution >= 4 is 21.9 Å². The SMILES string of the molecule is COc1c(C(N)CC(=O)O)cc(Br)c(O)c1F. The molecule has 0 saturated heterocycles. The van der Waals surface area contributed by atoms with E-state index >= 15 is 0 Å². The van der Waals surface area contributed by atoms with Gasteiger partial charge in [-0.05, 0) is 22.0 Å². The van der Waals surface area contributed by atoms with E-state index in [9.17, 15) is 14.3 Å². The maximum atomic E-state index is 13.6. The van der Waals surface area contributed by atoms with Gasteiger partial charge < -0.3 is 20.7 Å². The molecule has 0 fully saturated rings. The molecule has 0 aromatic heterocycles. The van der Waals surface area contributed by atoms with Crippen molar-refractivity contribution in [3.8, 4) is 11.5 Å². The van der Waals surface area contributed by atoms with Crippen molar-refractivity contribution in [2.45, 2.75) is 12.5 Å². The molecular weight excluding hydrogens is 297 g/mol. The minimum atomic E-state index is -1.11. The van der Waals surface area contributed by atoms with Crippen LogP contribution in [0.3, 0.4) is 0 Å². The van der Waals surface area contributed by atoms with Gasteiger partial charge in [-0.25, -0.2) is 0 Å². The molecule has 0 heterocycles. The molecule has 0 aliphatic heterocycles. The number of aromatic hydroxyl groups is 1. The van der Waals surface area contributed by atoms with Crippen LogP contribution in [0.15, 0.2) is 10.5 Å². The highest BCUT2D eigenvalue weighted by molar-refractivity contribution is 9.10. The van der Waals surface area contributed by atoms with E-state index in [0.717, 1.165) is 0 Å². The molecule has 0 bridgehead atoms. The molecule has 0 aliphatic carbocycles. The molecule has 7 heteroatoms. The van der Waals surface area contributed by atoms with Gasteiger partial charge in [-0.2, -0.15) is 4.39 Å². The van der Waals surface area contributed by atoms with Crippen LogP contribution in [-0.4, -0.2) is 23.3 Å². The van der Waals surface area contributed by atoms with E-state index in [1.807, 2.05) is 0 Å². The lowest BCUT2D eigenvalue weighted by atomic mass is 10.0. The van der Waals surface area contributed by atoms with E-state index in [-0.39, 0.29) is 22.2 Å². The molecule has 0 amide bonds. The summed E-state index contributed by atoms with van der Waals surface area (Å²) >= 11 is 2.95. The monoisotopic (exact) mass is 307 g/mol. The van der Waals surface area contributed by atoms with Gasteiger partial charge in [0.25, 0.3) is 0 Å². The summed E-state index contributed by atoms with van der Waals surface area (Å²) in [5.74, 6) is -2.94. The van der Waals surface area contributed by atoms with Gasteiger partial charge in [0.15, 0.2) is 11.5 Å². The van der Waals surface area contributed by atoms with Crippen molar-refractivity contribution in [1.29, 1.82) is 0 Å². The molecule has 1 atom stereocenters. The first-order valence-electron chi connectivity index (χ1n) is 4.60. The molecule has 1 aromatic carbocycles. The molecule has 0 aliphatic rings. The van der Waals surface area contributed by atoms with Crippen molar-refractivity contribution in [3.63, 3.8) is 0 Å². The molecule has 94 valence electrons. The maximum Gasteiger partial charge on any atom is 0.305 e. The highest BCUT2D eigenvalue weighted by Crippen LogP contribution is 2.39. The fraction of sp³-hybridized carbons (Fsp3) is 0.300. The number of rotatable bonds is 4. The average Bonchev–Trinajstić information content (AvgIpc) is 2.24. The molecule has 4 N–H and O–H groups in total. The number of ether oxygens (including phenoxy) is 1. The first-order valence-corrected chi connectivity index (χ1v) is 5.40. The summed E-state index contributed by atoms with van der Waals surface area (Å²) < 4.78 is 18.5. The minimum absolute atomic E-state index is 0.0895. The Bertz CT molecular complexity index is 452. The smallest absolute Gasteiger partial charge is 0.305 e. The van der Waals surface area contributed by atoms with Crippen LogP contribution in [-0.2, 0) is 4.79 Å². The Balaban J connectivity index is 3.27. The van der Waals surface area contributed by atoms with Gasteiger partial charge in [0.05, 0.1) is 18.0 Å². The highest BCUT2D eigenvalue weighted by atomic mass is 79.9. The lowest BCUT2D eigenvalue weighted by molar-refractivity contribution is -0.137. The van der Waals surface area contributed by atoms with Gasteiger partial charge in [0, 0.05) is 11.6 Å². The molecule has 5 nitrogen and oxygen atoms in total. The van der Waals surface area contributed by atoms with Crippen LogP contribution >= 0.6 is 15.9 Å². The first kappa shape index (κ1) is 13.7. The number of hydrogen-bond acceptors (Lipinski definition) is 4. The largest absolute Gasteiger partial charge is 0.504 e. The number of nitrogens with two attached hydrogens (primary N) is 1. The van der Waals surface area contributed by atoms with Crippen molar-refractivity contribution in [1.82, 2.24) is 0 Å². The molecule has 0 saturated carbocycles. The molecule has 1 unspecified atom stereocenters. The number of aliphatic carboxylic acids is 1. The van der Waals surface area contributed by atoms with Gasteiger partial charge in [0.2, 0.25) is 5.82 Å². The third-order valence-corrected chi connectivity index (χ3v) is 2.78. The third kappa shape index (κ3) is 2.86. The highest BCUT2D eigenvalue weighted by Gasteiger charge is 2.22. The molecule has 17 heavy (non-hydrogen) atoms. The summed E-state index contributed by atoms with van der Waals surface area (Å²) in [6, 6.07) is 0.416. The number of hydrogen-bond donors (Lipinski definition) is 3. The van der Waals surface area contributed by atoms with Crippen LogP contribution in [0.1, 0.15) is 18.0 Å². The Morgan fingerprint density at radius 3 is 2.76 bits per heavy atom. The summed E-state index contributed by atoms with van der Waals surface area (Å²) in [5, 5.41) is 18.0. The second-order valence-corrected chi connectivity index (χ2v) is 4.20. The van der Waals surface area contributed by atoms with E-state index in [1.54, 1.807) is 0 Å². The number of halogens is 2. The number of benzene rings is 1. The normalized spacial score (nSPS) is 12.2. The van der Waals surface area contributed by atoms with Crippen LogP contribution < -0.4 is 10.5 Å². The molecule has 0 spiro atoms. The standard InChI is InChI=1S/C10H11BrFNO4/c1-17-10-4(6(13)3-7(14)15)2-5(11)9(16)8(10)12/h2,6,16H,3,13H2,1H3,(H,14,15). The van der Waals surface area contributed by atoms with E-state index in [1.165, 1.54) is 13.2 Å². The average molecular weight is 308 g/mol. The van der Waals surface area contributed by atoms with Gasteiger partial charge >= 0.3 is 5.97 Å². The summed E-state index contributed by atoms with van der Waals surface area (Å²) in [6.07, 6.45) is -0.368. The van der Waals surface area contributed by atoms with E-state index < -0.39 is 23.6 Å². The van der Waals surface area contributed by atoms with E-state index in [0.29, 0.717) is 0 Å². The van der Waals surface area contributed by atoms with Crippen LogP contribution in [0.25, 0.3) is 0 Å². The Kier molecular flexibility index (Phi) is 4.30. The second-order valence-electron chi connectivity index (χ2n) is 3.35. The topological polar surface area (TPSA) is 92.8 Å².